The Morgan fingerprint density at radius 1 is 1.21 bits per heavy atom. The van der Waals surface area contributed by atoms with Crippen LogP contribution in [0.15, 0.2) is 28.7 Å². The number of hydrogen-bond acceptors (Lipinski definition) is 2. The van der Waals surface area contributed by atoms with E-state index in [0.717, 1.165) is 22.9 Å². The maximum absolute atomic E-state index is 12.2. The van der Waals surface area contributed by atoms with Crippen molar-refractivity contribution in [2.45, 2.75) is 43.8 Å². The second-order valence-corrected chi connectivity index (χ2v) is 6.11. The van der Waals surface area contributed by atoms with E-state index in [1.165, 1.54) is 12.8 Å². The highest BCUT2D eigenvalue weighted by Gasteiger charge is 2.34. The summed E-state index contributed by atoms with van der Waals surface area (Å²) in [7, 11) is 0. The molecule has 0 aromatic heterocycles. The van der Waals surface area contributed by atoms with Crippen molar-refractivity contribution in [2.75, 3.05) is 0 Å². The average molecular weight is 346 g/mol. The van der Waals surface area contributed by atoms with Crippen LogP contribution in [-0.4, -0.2) is 24.0 Å². The largest absolute Gasteiger partial charge is 0.349 e. The van der Waals surface area contributed by atoms with Gasteiger partial charge >= 0.3 is 0 Å². The molecule has 2 aliphatic heterocycles. The van der Waals surface area contributed by atoms with E-state index in [9.17, 15) is 4.79 Å². The normalized spacial score (nSPS) is 28.6. The van der Waals surface area contributed by atoms with Crippen LogP contribution < -0.4 is 10.6 Å². The van der Waals surface area contributed by atoms with Crippen LogP contribution in [0.5, 0.6) is 0 Å². The minimum Gasteiger partial charge on any atom is -0.349 e. The summed E-state index contributed by atoms with van der Waals surface area (Å²) < 4.78 is 0.861. The molecule has 0 radical (unpaired) electrons. The molecule has 2 aliphatic rings. The molecule has 5 heteroatoms. The Bertz CT molecular complexity index is 457. The summed E-state index contributed by atoms with van der Waals surface area (Å²) in [5.41, 5.74) is 0.725. The van der Waals surface area contributed by atoms with E-state index in [0.29, 0.717) is 18.1 Å². The Kier molecular flexibility index (Phi) is 4.87. The number of rotatable bonds is 2. The topological polar surface area (TPSA) is 41.1 Å². The predicted octanol–water partition coefficient (Wildman–Crippen LogP) is 2.88. The third kappa shape index (κ3) is 3.30. The van der Waals surface area contributed by atoms with Crippen LogP contribution in [0.25, 0.3) is 0 Å². The van der Waals surface area contributed by atoms with Gasteiger partial charge in [-0.2, -0.15) is 0 Å². The Balaban J connectivity index is 0.00000133. The monoisotopic (exact) mass is 344 g/mol. The molecule has 2 unspecified atom stereocenters. The van der Waals surface area contributed by atoms with Gasteiger partial charge in [-0.15, -0.1) is 12.4 Å². The van der Waals surface area contributed by atoms with Gasteiger partial charge in [-0.1, -0.05) is 12.1 Å². The number of fused-ring (bicyclic) bond motifs is 2. The van der Waals surface area contributed by atoms with Crippen molar-refractivity contribution in [1.82, 2.24) is 10.6 Å². The Morgan fingerprint density at radius 3 is 2.47 bits per heavy atom. The molecule has 0 saturated carbocycles. The van der Waals surface area contributed by atoms with Crippen molar-refractivity contribution >= 4 is 34.2 Å². The van der Waals surface area contributed by atoms with Gasteiger partial charge in [0.25, 0.3) is 5.91 Å². The molecule has 2 heterocycles. The van der Waals surface area contributed by atoms with Gasteiger partial charge < -0.3 is 10.6 Å². The van der Waals surface area contributed by atoms with Gasteiger partial charge in [0.2, 0.25) is 0 Å². The van der Waals surface area contributed by atoms with Crippen LogP contribution in [0.4, 0.5) is 0 Å². The summed E-state index contributed by atoms with van der Waals surface area (Å²) in [6.07, 6.45) is 4.64. The Labute approximate surface area is 128 Å². The third-order valence-corrected chi connectivity index (χ3v) is 4.62. The smallest absolute Gasteiger partial charge is 0.252 e. The Hall–Kier alpha value is -0.580. The standard InChI is InChI=1S/C14H17BrN2O.ClH/c15-13-4-2-1-3-12(13)14(18)17-11-7-9-5-6-10(8-11)16-9;/h1-4,9-11,16H,5-8H2,(H,17,18);1H. The van der Waals surface area contributed by atoms with E-state index in [4.69, 9.17) is 0 Å². The van der Waals surface area contributed by atoms with Crippen LogP contribution in [0.2, 0.25) is 0 Å². The number of hydrogen-bond donors (Lipinski definition) is 2. The number of halogens is 2. The van der Waals surface area contributed by atoms with Crippen LogP contribution in [-0.2, 0) is 0 Å². The molecule has 2 fully saturated rings. The molecule has 2 atom stereocenters. The number of carbonyl (C=O) groups is 1. The van der Waals surface area contributed by atoms with Gasteiger partial charge in [-0.05, 0) is 53.7 Å². The van der Waals surface area contributed by atoms with E-state index in [1.54, 1.807) is 0 Å². The molecule has 3 rings (SSSR count). The van der Waals surface area contributed by atoms with E-state index < -0.39 is 0 Å². The van der Waals surface area contributed by atoms with Gasteiger partial charge in [0.05, 0.1) is 5.56 Å². The van der Waals surface area contributed by atoms with Gasteiger partial charge in [0, 0.05) is 22.6 Å². The minimum absolute atomic E-state index is 0. The predicted molar refractivity (Wildman–Crippen MR) is 81.8 cm³/mol. The lowest BCUT2D eigenvalue weighted by molar-refractivity contribution is 0.0923. The first-order chi connectivity index (χ1) is 8.72. The highest BCUT2D eigenvalue weighted by molar-refractivity contribution is 9.10. The molecule has 3 nitrogen and oxygen atoms in total. The molecular weight excluding hydrogens is 328 g/mol. The zero-order chi connectivity index (χ0) is 12.5. The minimum atomic E-state index is 0. The zero-order valence-corrected chi connectivity index (χ0v) is 13.0. The summed E-state index contributed by atoms with van der Waals surface area (Å²) in [6.45, 7) is 0. The second-order valence-electron chi connectivity index (χ2n) is 5.26. The van der Waals surface area contributed by atoms with Crippen molar-refractivity contribution in [3.05, 3.63) is 34.3 Å². The average Bonchev–Trinajstić information content (AvgIpc) is 2.69. The molecule has 19 heavy (non-hydrogen) atoms. The summed E-state index contributed by atoms with van der Waals surface area (Å²) in [4.78, 5) is 12.2. The molecule has 104 valence electrons. The molecule has 0 aliphatic carbocycles. The van der Waals surface area contributed by atoms with Crippen LogP contribution >= 0.6 is 28.3 Å². The fourth-order valence-electron chi connectivity index (χ4n) is 3.08. The maximum atomic E-state index is 12.2. The fraction of sp³-hybridized carbons (Fsp3) is 0.500. The van der Waals surface area contributed by atoms with E-state index in [-0.39, 0.29) is 18.3 Å². The highest BCUT2D eigenvalue weighted by Crippen LogP contribution is 2.27. The molecule has 2 N–H and O–H groups in total. The maximum Gasteiger partial charge on any atom is 0.252 e. The van der Waals surface area contributed by atoms with Gasteiger partial charge in [-0.25, -0.2) is 0 Å². The molecule has 0 spiro atoms. The highest BCUT2D eigenvalue weighted by atomic mass is 79.9. The third-order valence-electron chi connectivity index (χ3n) is 3.93. The van der Waals surface area contributed by atoms with E-state index >= 15 is 0 Å². The van der Waals surface area contributed by atoms with Crippen molar-refractivity contribution in [3.63, 3.8) is 0 Å². The summed E-state index contributed by atoms with van der Waals surface area (Å²) in [6, 6.07) is 9.11. The zero-order valence-electron chi connectivity index (χ0n) is 10.6. The number of carbonyl (C=O) groups excluding carboxylic acids is 1. The number of nitrogens with one attached hydrogen (secondary N) is 2. The SMILES string of the molecule is Cl.O=C(NC1CC2CCC(C1)N2)c1ccccc1Br. The first-order valence-electron chi connectivity index (χ1n) is 6.54. The van der Waals surface area contributed by atoms with Crippen LogP contribution in [0.3, 0.4) is 0 Å². The van der Waals surface area contributed by atoms with Crippen LogP contribution in [0.1, 0.15) is 36.0 Å². The lowest BCUT2D eigenvalue weighted by atomic mass is 9.99. The molecule has 2 bridgehead atoms. The molecule has 1 aromatic carbocycles. The first kappa shape index (κ1) is 14.8. The first-order valence-corrected chi connectivity index (χ1v) is 7.33. The fourth-order valence-corrected chi connectivity index (χ4v) is 3.55. The number of amides is 1. The van der Waals surface area contributed by atoms with Crippen molar-refractivity contribution in [1.29, 1.82) is 0 Å². The molecule has 1 aromatic rings. The van der Waals surface area contributed by atoms with Crippen molar-refractivity contribution in [3.8, 4) is 0 Å². The number of benzene rings is 1. The lowest BCUT2D eigenvalue weighted by Crippen LogP contribution is -2.48. The second kappa shape index (κ2) is 6.25. The van der Waals surface area contributed by atoms with Crippen molar-refractivity contribution in [2.24, 2.45) is 0 Å². The van der Waals surface area contributed by atoms with Gasteiger partial charge in [-0.3, -0.25) is 4.79 Å². The summed E-state index contributed by atoms with van der Waals surface area (Å²) in [5.74, 6) is 0.0359. The van der Waals surface area contributed by atoms with Crippen molar-refractivity contribution < 1.29 is 4.79 Å². The summed E-state index contributed by atoms with van der Waals surface area (Å²) in [5, 5.41) is 6.75. The molecule has 1 amide bonds. The number of piperidine rings is 1. The Morgan fingerprint density at radius 2 is 1.84 bits per heavy atom. The van der Waals surface area contributed by atoms with E-state index in [1.807, 2.05) is 24.3 Å². The quantitative estimate of drug-likeness (QED) is 0.865. The summed E-state index contributed by atoms with van der Waals surface area (Å²) >= 11 is 3.42. The van der Waals surface area contributed by atoms with E-state index in [2.05, 4.69) is 26.6 Å². The lowest BCUT2D eigenvalue weighted by Gasteiger charge is -2.29. The van der Waals surface area contributed by atoms with Gasteiger partial charge in [0.1, 0.15) is 0 Å². The molecule has 2 saturated heterocycles. The molecular formula is C14H18BrClN2O. The van der Waals surface area contributed by atoms with Gasteiger partial charge in [0.15, 0.2) is 0 Å². The van der Waals surface area contributed by atoms with Crippen LogP contribution in [0, 0.1) is 0 Å².